The summed E-state index contributed by atoms with van der Waals surface area (Å²) in [6.45, 7) is 0.602. The van der Waals surface area contributed by atoms with Gasteiger partial charge in [0.05, 0.1) is 11.2 Å². The Bertz CT molecular complexity index is 689. The molecule has 1 amide bonds. The highest BCUT2D eigenvalue weighted by Gasteiger charge is 2.44. The molecule has 0 saturated heterocycles. The Morgan fingerprint density at radius 3 is 2.73 bits per heavy atom. The number of thioether (sulfide) groups is 1. The van der Waals surface area contributed by atoms with Crippen molar-refractivity contribution in [2.75, 3.05) is 12.8 Å². The van der Waals surface area contributed by atoms with Gasteiger partial charge in [-0.25, -0.2) is 9.97 Å². The molecule has 4 nitrogen and oxygen atoms in total. The molecule has 1 aliphatic carbocycles. The standard InChI is InChI=1S/C16H16ClN3OS/c1-22-15-18-9-12(17)13(20-15)14(21)19-10-16(7-8-16)11-5-3-2-4-6-11/h2-6,9H,7-8,10H2,1H3,(H,19,21). The van der Waals surface area contributed by atoms with Crippen LogP contribution in [-0.2, 0) is 5.41 Å². The minimum Gasteiger partial charge on any atom is -0.350 e. The predicted octanol–water partition coefficient (Wildman–Crippen LogP) is 3.31. The number of amides is 1. The summed E-state index contributed by atoms with van der Waals surface area (Å²) in [6, 6.07) is 10.3. The first-order chi connectivity index (χ1) is 10.6. The van der Waals surface area contributed by atoms with Gasteiger partial charge in [0.1, 0.15) is 0 Å². The number of halogens is 1. The van der Waals surface area contributed by atoms with Crippen molar-refractivity contribution >= 4 is 29.3 Å². The highest BCUT2D eigenvalue weighted by atomic mass is 35.5. The number of benzene rings is 1. The Labute approximate surface area is 138 Å². The largest absolute Gasteiger partial charge is 0.350 e. The van der Waals surface area contributed by atoms with Crippen molar-refractivity contribution in [2.24, 2.45) is 0 Å². The van der Waals surface area contributed by atoms with E-state index in [-0.39, 0.29) is 22.0 Å². The first-order valence-corrected chi connectivity index (χ1v) is 8.65. The third-order valence-electron chi connectivity index (χ3n) is 3.95. The van der Waals surface area contributed by atoms with Crippen LogP contribution in [-0.4, -0.2) is 28.7 Å². The van der Waals surface area contributed by atoms with Crippen LogP contribution in [0.4, 0.5) is 0 Å². The van der Waals surface area contributed by atoms with E-state index in [0.29, 0.717) is 11.7 Å². The molecule has 1 heterocycles. The number of carbonyl (C=O) groups is 1. The van der Waals surface area contributed by atoms with Crippen molar-refractivity contribution in [3.05, 3.63) is 52.8 Å². The molecular formula is C16H16ClN3OS. The van der Waals surface area contributed by atoms with E-state index in [9.17, 15) is 4.79 Å². The number of nitrogens with one attached hydrogen (secondary N) is 1. The van der Waals surface area contributed by atoms with Crippen LogP contribution in [0, 0.1) is 0 Å². The molecule has 1 N–H and O–H groups in total. The lowest BCUT2D eigenvalue weighted by Crippen LogP contribution is -2.33. The average Bonchev–Trinajstić information content (AvgIpc) is 3.35. The summed E-state index contributed by atoms with van der Waals surface area (Å²) >= 11 is 7.42. The van der Waals surface area contributed by atoms with Gasteiger partial charge in [-0.15, -0.1) is 0 Å². The van der Waals surface area contributed by atoms with Gasteiger partial charge < -0.3 is 5.32 Å². The summed E-state index contributed by atoms with van der Waals surface area (Å²) in [5.74, 6) is -0.245. The van der Waals surface area contributed by atoms with Crippen LogP contribution in [0.15, 0.2) is 41.7 Å². The Kier molecular flexibility index (Phi) is 4.36. The predicted molar refractivity (Wildman–Crippen MR) is 88.5 cm³/mol. The van der Waals surface area contributed by atoms with Gasteiger partial charge in [-0.3, -0.25) is 4.79 Å². The molecule has 3 rings (SSSR count). The maximum atomic E-state index is 12.3. The highest BCUT2D eigenvalue weighted by molar-refractivity contribution is 7.98. The molecule has 1 aromatic heterocycles. The molecule has 0 spiro atoms. The Morgan fingerprint density at radius 1 is 1.36 bits per heavy atom. The second kappa shape index (κ2) is 6.26. The SMILES string of the molecule is CSc1ncc(Cl)c(C(=O)NCC2(c3ccccc3)CC2)n1. The van der Waals surface area contributed by atoms with Crippen LogP contribution in [0.5, 0.6) is 0 Å². The van der Waals surface area contributed by atoms with Gasteiger partial charge in [-0.1, -0.05) is 53.7 Å². The first kappa shape index (κ1) is 15.3. The molecule has 114 valence electrons. The number of nitrogens with zero attached hydrogens (tertiary/aromatic N) is 2. The molecule has 0 aliphatic heterocycles. The molecule has 0 radical (unpaired) electrons. The normalized spacial score (nSPS) is 15.4. The van der Waals surface area contributed by atoms with Gasteiger partial charge in [0.25, 0.3) is 5.91 Å². The summed E-state index contributed by atoms with van der Waals surface area (Å²) in [4.78, 5) is 20.6. The number of hydrogen-bond acceptors (Lipinski definition) is 4. The molecule has 1 saturated carbocycles. The topological polar surface area (TPSA) is 54.9 Å². The van der Waals surface area contributed by atoms with E-state index >= 15 is 0 Å². The molecular weight excluding hydrogens is 318 g/mol. The maximum absolute atomic E-state index is 12.3. The lowest BCUT2D eigenvalue weighted by Gasteiger charge is -2.16. The van der Waals surface area contributed by atoms with Gasteiger partial charge >= 0.3 is 0 Å². The minimum atomic E-state index is -0.245. The van der Waals surface area contributed by atoms with Crippen molar-refractivity contribution in [3.63, 3.8) is 0 Å². The Morgan fingerprint density at radius 2 is 2.09 bits per heavy atom. The molecule has 1 aromatic carbocycles. The van der Waals surface area contributed by atoms with E-state index < -0.39 is 0 Å². The second-order valence-electron chi connectivity index (χ2n) is 5.38. The van der Waals surface area contributed by atoms with Crippen LogP contribution in [0.3, 0.4) is 0 Å². The molecule has 1 aliphatic rings. The number of carbonyl (C=O) groups excluding carboxylic acids is 1. The van der Waals surface area contributed by atoms with Crippen LogP contribution in [0.2, 0.25) is 5.02 Å². The second-order valence-corrected chi connectivity index (χ2v) is 6.56. The zero-order valence-corrected chi connectivity index (χ0v) is 13.7. The van der Waals surface area contributed by atoms with E-state index in [1.807, 2.05) is 24.5 Å². The number of aromatic nitrogens is 2. The lowest BCUT2D eigenvalue weighted by molar-refractivity contribution is 0.0944. The fourth-order valence-corrected chi connectivity index (χ4v) is 2.97. The van der Waals surface area contributed by atoms with Crippen LogP contribution < -0.4 is 5.32 Å². The summed E-state index contributed by atoms with van der Waals surface area (Å²) in [5, 5.41) is 3.79. The smallest absolute Gasteiger partial charge is 0.271 e. The van der Waals surface area contributed by atoms with E-state index in [4.69, 9.17) is 11.6 Å². The molecule has 0 atom stereocenters. The van der Waals surface area contributed by atoms with Crippen molar-refractivity contribution in [1.82, 2.24) is 15.3 Å². The van der Waals surface area contributed by atoms with Crippen LogP contribution in [0.25, 0.3) is 0 Å². The van der Waals surface area contributed by atoms with Gasteiger partial charge in [0, 0.05) is 12.0 Å². The van der Waals surface area contributed by atoms with Crippen LogP contribution in [0.1, 0.15) is 28.9 Å². The van der Waals surface area contributed by atoms with E-state index in [0.717, 1.165) is 12.8 Å². The molecule has 0 bridgehead atoms. The minimum absolute atomic E-state index is 0.0682. The van der Waals surface area contributed by atoms with Crippen molar-refractivity contribution in [2.45, 2.75) is 23.4 Å². The van der Waals surface area contributed by atoms with Gasteiger partial charge in [-0.2, -0.15) is 0 Å². The van der Waals surface area contributed by atoms with Crippen molar-refractivity contribution in [1.29, 1.82) is 0 Å². The van der Waals surface area contributed by atoms with Gasteiger partial charge in [-0.05, 0) is 24.7 Å². The fraction of sp³-hybridized carbons (Fsp3) is 0.312. The zero-order chi connectivity index (χ0) is 15.6. The Hall–Kier alpha value is -1.59. The first-order valence-electron chi connectivity index (χ1n) is 7.05. The quantitative estimate of drug-likeness (QED) is 0.673. The van der Waals surface area contributed by atoms with E-state index in [1.54, 1.807) is 0 Å². The third kappa shape index (κ3) is 3.10. The summed E-state index contributed by atoms with van der Waals surface area (Å²) in [5.41, 5.74) is 1.58. The fourth-order valence-electron chi connectivity index (χ4n) is 2.45. The van der Waals surface area contributed by atoms with Gasteiger partial charge in [0.15, 0.2) is 10.9 Å². The molecule has 2 aromatic rings. The molecule has 0 unspecified atom stereocenters. The summed E-state index contributed by atoms with van der Waals surface area (Å²) < 4.78 is 0. The third-order valence-corrected chi connectivity index (χ3v) is 4.79. The summed E-state index contributed by atoms with van der Waals surface area (Å²) in [7, 11) is 0. The number of rotatable bonds is 5. The highest BCUT2D eigenvalue weighted by Crippen LogP contribution is 2.47. The number of hydrogen-bond donors (Lipinski definition) is 1. The van der Waals surface area contributed by atoms with Crippen molar-refractivity contribution in [3.8, 4) is 0 Å². The molecule has 1 fully saturated rings. The average molecular weight is 334 g/mol. The monoisotopic (exact) mass is 333 g/mol. The van der Waals surface area contributed by atoms with Crippen molar-refractivity contribution < 1.29 is 4.79 Å². The summed E-state index contributed by atoms with van der Waals surface area (Å²) in [6.07, 6.45) is 5.51. The van der Waals surface area contributed by atoms with Crippen LogP contribution >= 0.6 is 23.4 Å². The van der Waals surface area contributed by atoms with Gasteiger partial charge in [0.2, 0.25) is 0 Å². The van der Waals surface area contributed by atoms with E-state index in [2.05, 4.69) is 27.4 Å². The van der Waals surface area contributed by atoms with E-state index in [1.165, 1.54) is 23.5 Å². The lowest BCUT2D eigenvalue weighted by atomic mass is 9.96. The zero-order valence-electron chi connectivity index (χ0n) is 12.2. The molecule has 22 heavy (non-hydrogen) atoms. The molecule has 6 heteroatoms. The Balaban J connectivity index is 1.71. The maximum Gasteiger partial charge on any atom is 0.271 e.